The molecule has 2 aromatic carbocycles. The van der Waals surface area contributed by atoms with Crippen LogP contribution in [0.25, 0.3) is 0 Å². The van der Waals surface area contributed by atoms with E-state index in [0.717, 1.165) is 0 Å². The Hall–Kier alpha value is -1.34. The second-order valence-corrected chi connectivity index (χ2v) is 7.20. The molecule has 0 heterocycles. The van der Waals surface area contributed by atoms with Gasteiger partial charge in [0.05, 0.1) is 8.80 Å². The SMILES string of the molecule is C[SiH](C)c1ccccc1.Cc1ccccc1. The molecule has 16 heavy (non-hydrogen) atoms. The van der Waals surface area contributed by atoms with Gasteiger partial charge >= 0.3 is 0 Å². The lowest BCUT2D eigenvalue weighted by Crippen LogP contribution is -2.21. The minimum atomic E-state index is -0.529. The summed E-state index contributed by atoms with van der Waals surface area (Å²) in [5.41, 5.74) is 1.32. The van der Waals surface area contributed by atoms with Crippen LogP contribution in [0.5, 0.6) is 0 Å². The van der Waals surface area contributed by atoms with E-state index in [9.17, 15) is 0 Å². The van der Waals surface area contributed by atoms with E-state index in [1.807, 2.05) is 18.2 Å². The fourth-order valence-corrected chi connectivity index (χ4v) is 2.36. The second kappa shape index (κ2) is 7.02. The van der Waals surface area contributed by atoms with Gasteiger partial charge in [0.2, 0.25) is 0 Å². The highest BCUT2D eigenvalue weighted by Gasteiger charge is 1.95. The summed E-state index contributed by atoms with van der Waals surface area (Å²) in [6, 6.07) is 21.0. The predicted octanol–water partition coefficient (Wildman–Crippen LogP) is 3.38. The molecule has 0 bridgehead atoms. The molecule has 0 radical (unpaired) electrons. The maximum Gasteiger partial charge on any atom is 0.0647 e. The summed E-state index contributed by atoms with van der Waals surface area (Å²) in [4.78, 5) is 0. The molecule has 84 valence electrons. The summed E-state index contributed by atoms with van der Waals surface area (Å²) < 4.78 is 0. The van der Waals surface area contributed by atoms with Gasteiger partial charge in [0.25, 0.3) is 0 Å². The molecule has 2 aromatic rings. The molecule has 0 aliphatic heterocycles. The van der Waals surface area contributed by atoms with Crippen LogP contribution in [0.2, 0.25) is 13.1 Å². The first kappa shape index (κ1) is 12.7. The summed E-state index contributed by atoms with van der Waals surface area (Å²) in [6.07, 6.45) is 0. The van der Waals surface area contributed by atoms with E-state index in [1.165, 1.54) is 5.56 Å². The summed E-state index contributed by atoms with van der Waals surface area (Å²) in [7, 11) is -0.529. The largest absolute Gasteiger partial charge is 0.0682 e. The molecule has 0 amide bonds. The summed E-state index contributed by atoms with van der Waals surface area (Å²) in [6.45, 7) is 6.77. The van der Waals surface area contributed by atoms with Crippen LogP contribution < -0.4 is 5.19 Å². The first-order chi connectivity index (χ1) is 7.70. The van der Waals surface area contributed by atoms with Crippen LogP contribution in [-0.2, 0) is 0 Å². The van der Waals surface area contributed by atoms with Gasteiger partial charge < -0.3 is 0 Å². The molecule has 2 rings (SSSR count). The highest BCUT2D eigenvalue weighted by Crippen LogP contribution is 1.92. The van der Waals surface area contributed by atoms with E-state index in [-0.39, 0.29) is 0 Å². The predicted molar refractivity (Wildman–Crippen MR) is 76.1 cm³/mol. The lowest BCUT2D eigenvalue weighted by atomic mass is 10.2. The molecule has 0 aliphatic carbocycles. The number of hydrogen-bond donors (Lipinski definition) is 0. The first-order valence-electron chi connectivity index (χ1n) is 5.76. The minimum absolute atomic E-state index is 0.529. The van der Waals surface area contributed by atoms with Gasteiger partial charge in [0, 0.05) is 0 Å². The Morgan fingerprint density at radius 1 is 0.688 bits per heavy atom. The monoisotopic (exact) mass is 228 g/mol. The van der Waals surface area contributed by atoms with Crippen LogP contribution >= 0.6 is 0 Å². The third-order valence-corrected chi connectivity index (χ3v) is 4.12. The molecule has 0 atom stereocenters. The summed E-state index contributed by atoms with van der Waals surface area (Å²) in [5, 5.41) is 1.55. The van der Waals surface area contributed by atoms with Crippen LogP contribution in [0.1, 0.15) is 5.56 Å². The molecule has 0 saturated heterocycles. The average molecular weight is 228 g/mol. The van der Waals surface area contributed by atoms with Crippen molar-refractivity contribution in [3.8, 4) is 0 Å². The van der Waals surface area contributed by atoms with Crippen LogP contribution in [0.4, 0.5) is 0 Å². The van der Waals surface area contributed by atoms with Crippen molar-refractivity contribution in [3.05, 3.63) is 66.2 Å². The third kappa shape index (κ3) is 4.94. The Morgan fingerprint density at radius 2 is 1.12 bits per heavy atom. The Morgan fingerprint density at radius 3 is 1.38 bits per heavy atom. The van der Waals surface area contributed by atoms with Crippen molar-refractivity contribution in [2.75, 3.05) is 0 Å². The molecule has 0 fully saturated rings. The summed E-state index contributed by atoms with van der Waals surface area (Å²) in [5.74, 6) is 0. The molecule has 0 aliphatic rings. The van der Waals surface area contributed by atoms with E-state index in [2.05, 4.69) is 62.5 Å². The molecule has 1 heteroatoms. The van der Waals surface area contributed by atoms with Crippen LogP contribution in [0.3, 0.4) is 0 Å². The van der Waals surface area contributed by atoms with Crippen molar-refractivity contribution in [1.29, 1.82) is 0 Å². The molecule has 0 aromatic heterocycles. The maximum absolute atomic E-state index is 2.34. The van der Waals surface area contributed by atoms with Gasteiger partial charge in [-0.2, -0.15) is 0 Å². The van der Waals surface area contributed by atoms with Crippen LogP contribution in [-0.4, -0.2) is 8.80 Å². The zero-order valence-electron chi connectivity index (χ0n) is 10.4. The molecular formula is C15H20Si. The zero-order chi connectivity index (χ0) is 11.8. The fourth-order valence-electron chi connectivity index (χ4n) is 1.37. The fraction of sp³-hybridized carbons (Fsp3) is 0.200. The van der Waals surface area contributed by atoms with Crippen molar-refractivity contribution >= 4 is 14.0 Å². The normalized spacial score (nSPS) is 9.50. The molecule has 0 saturated carbocycles. The van der Waals surface area contributed by atoms with Crippen LogP contribution in [0, 0.1) is 6.92 Å². The second-order valence-electron chi connectivity index (χ2n) is 4.22. The average Bonchev–Trinajstić information content (AvgIpc) is 2.32. The van der Waals surface area contributed by atoms with Crippen molar-refractivity contribution in [2.24, 2.45) is 0 Å². The number of benzene rings is 2. The Kier molecular flexibility index (Phi) is 5.58. The highest BCUT2D eigenvalue weighted by molar-refractivity contribution is 6.70. The van der Waals surface area contributed by atoms with Crippen LogP contribution in [0.15, 0.2) is 60.7 Å². The standard InChI is InChI=1S/C8H12Si.C7H8/c1-9(2)8-6-4-3-5-7-8;1-7-5-3-2-4-6-7/h3-7,9H,1-2H3;2-6H,1H3. The number of rotatable bonds is 1. The first-order valence-corrected chi connectivity index (χ1v) is 8.65. The van der Waals surface area contributed by atoms with E-state index < -0.39 is 8.80 Å². The van der Waals surface area contributed by atoms with Gasteiger partial charge in [-0.1, -0.05) is 84.5 Å². The van der Waals surface area contributed by atoms with Crippen molar-refractivity contribution in [2.45, 2.75) is 20.0 Å². The Balaban J connectivity index is 0.000000165. The topological polar surface area (TPSA) is 0 Å². The molecule has 0 spiro atoms. The Bertz CT molecular complexity index is 379. The lowest BCUT2D eigenvalue weighted by Gasteiger charge is -1.99. The quantitative estimate of drug-likeness (QED) is 0.657. The number of aryl methyl sites for hydroxylation is 1. The lowest BCUT2D eigenvalue weighted by molar-refractivity contribution is 1.48. The third-order valence-electron chi connectivity index (χ3n) is 2.41. The van der Waals surface area contributed by atoms with Gasteiger partial charge in [0.15, 0.2) is 0 Å². The highest BCUT2D eigenvalue weighted by atomic mass is 28.3. The molecular weight excluding hydrogens is 208 g/mol. The molecule has 0 nitrogen and oxygen atoms in total. The van der Waals surface area contributed by atoms with Gasteiger partial charge in [0.1, 0.15) is 0 Å². The van der Waals surface area contributed by atoms with E-state index in [1.54, 1.807) is 5.19 Å². The van der Waals surface area contributed by atoms with E-state index in [4.69, 9.17) is 0 Å². The van der Waals surface area contributed by atoms with Gasteiger partial charge in [-0.3, -0.25) is 0 Å². The van der Waals surface area contributed by atoms with Gasteiger partial charge in [-0.05, 0) is 6.92 Å². The summed E-state index contributed by atoms with van der Waals surface area (Å²) >= 11 is 0. The van der Waals surface area contributed by atoms with Crippen molar-refractivity contribution in [1.82, 2.24) is 0 Å². The smallest absolute Gasteiger partial charge is 0.0647 e. The van der Waals surface area contributed by atoms with Gasteiger partial charge in [-0.15, -0.1) is 0 Å². The van der Waals surface area contributed by atoms with E-state index in [0.29, 0.717) is 0 Å². The van der Waals surface area contributed by atoms with Gasteiger partial charge in [-0.25, -0.2) is 0 Å². The molecule has 0 unspecified atom stereocenters. The minimum Gasteiger partial charge on any atom is -0.0682 e. The number of hydrogen-bond acceptors (Lipinski definition) is 0. The maximum atomic E-state index is 2.34. The van der Waals surface area contributed by atoms with Crippen molar-refractivity contribution < 1.29 is 0 Å². The van der Waals surface area contributed by atoms with Crippen molar-refractivity contribution in [3.63, 3.8) is 0 Å². The molecule has 0 N–H and O–H groups in total. The Labute approximate surface area is 101 Å². The van der Waals surface area contributed by atoms with E-state index >= 15 is 0 Å². The zero-order valence-corrected chi connectivity index (χ0v) is 11.5.